The molecule has 2 aromatic heterocycles. The van der Waals surface area contributed by atoms with Crippen LogP contribution in [0.2, 0.25) is 15.2 Å². The zero-order chi connectivity index (χ0) is 25.7. The molecule has 0 saturated carbocycles. The first-order valence-electron chi connectivity index (χ1n) is 10.1. The second-order valence-electron chi connectivity index (χ2n) is 6.93. The zero-order valence-electron chi connectivity index (χ0n) is 18.4. The smallest absolute Gasteiger partial charge is 0.256 e. The van der Waals surface area contributed by atoms with Gasteiger partial charge in [-0.2, -0.15) is 0 Å². The number of anilines is 1. The lowest BCUT2D eigenvalue weighted by Crippen LogP contribution is -2.13. The van der Waals surface area contributed by atoms with Gasteiger partial charge in [0.15, 0.2) is 28.3 Å². The third-order valence-corrected chi connectivity index (χ3v) is 6.41. The molecule has 0 spiro atoms. The Morgan fingerprint density at radius 3 is 2.19 bits per heavy atom. The molecule has 2 heterocycles. The Morgan fingerprint density at radius 1 is 0.861 bits per heavy atom. The van der Waals surface area contributed by atoms with Gasteiger partial charge in [0.2, 0.25) is 11.6 Å². The quantitative estimate of drug-likeness (QED) is 0.255. The highest BCUT2D eigenvalue weighted by molar-refractivity contribution is 7.95. The van der Waals surface area contributed by atoms with Gasteiger partial charge in [0.25, 0.3) is 10.0 Å². The van der Waals surface area contributed by atoms with Gasteiger partial charge >= 0.3 is 0 Å². The molecule has 0 aliphatic rings. The summed E-state index contributed by atoms with van der Waals surface area (Å²) in [7, 11) is -2.70. The second kappa shape index (κ2) is 11.1. The Hall–Kier alpha value is -3.44. The lowest BCUT2D eigenvalue weighted by Gasteiger charge is -2.15. The van der Waals surface area contributed by atoms with Gasteiger partial charge in [-0.25, -0.2) is 28.4 Å². The first-order chi connectivity index (χ1) is 17.3. The van der Waals surface area contributed by atoms with E-state index in [2.05, 4.69) is 24.7 Å². The van der Waals surface area contributed by atoms with E-state index in [9.17, 15) is 8.42 Å². The van der Waals surface area contributed by atoms with Crippen LogP contribution in [-0.2, 0) is 10.0 Å². The molecule has 13 heteroatoms. The number of hydrogen-bond donors (Lipinski definition) is 1. The minimum Gasteiger partial charge on any atom is -0.493 e. The average molecular weight is 565 g/mol. The molecular weight excluding hydrogens is 549 g/mol. The molecule has 9 nitrogen and oxygen atoms in total. The summed E-state index contributed by atoms with van der Waals surface area (Å²) < 4.78 is 39.5. The topological polar surface area (TPSA) is 116 Å². The normalized spacial score (nSPS) is 11.4. The van der Waals surface area contributed by atoms with E-state index in [1.165, 1.54) is 25.6 Å². The maximum atomic E-state index is 13.0. The molecule has 4 aromatic rings. The molecule has 0 fully saturated rings. The Kier molecular flexibility index (Phi) is 7.90. The number of nitrogens with one attached hydrogen (secondary N) is 1. The third kappa shape index (κ3) is 6.03. The summed E-state index contributed by atoms with van der Waals surface area (Å²) in [4.78, 5) is 16.6. The molecule has 184 valence electrons. The summed E-state index contributed by atoms with van der Waals surface area (Å²) in [6.07, 6.45) is 4.23. The van der Waals surface area contributed by atoms with E-state index < -0.39 is 10.0 Å². The molecule has 1 N–H and O–H groups in total. The molecule has 0 aliphatic carbocycles. The molecule has 2 aromatic carbocycles. The molecule has 0 saturated heterocycles. The molecular formula is C23H16Cl3N5O4S. The summed E-state index contributed by atoms with van der Waals surface area (Å²) in [6.45, 7) is 0. The van der Waals surface area contributed by atoms with Crippen LogP contribution in [0.5, 0.6) is 17.2 Å². The van der Waals surface area contributed by atoms with E-state index in [1.54, 1.807) is 48.5 Å². The van der Waals surface area contributed by atoms with E-state index in [4.69, 9.17) is 44.3 Å². The van der Waals surface area contributed by atoms with Crippen LogP contribution in [0.15, 0.2) is 66.3 Å². The van der Waals surface area contributed by atoms with Gasteiger partial charge in [-0.05, 0) is 36.4 Å². The zero-order valence-corrected chi connectivity index (χ0v) is 21.5. The van der Waals surface area contributed by atoms with E-state index in [1.807, 2.05) is 0 Å². The lowest BCUT2D eigenvalue weighted by molar-refractivity contribution is 0.378. The standard InChI is InChI=1S/C23H16Cl3N5O4S/c1-34-17-8-2-3-9-18(17)35-19-20(26)29-23(22-27-11-5-12-28-22)30-21(19)31-36(32,33)13-10-14-15(24)6-4-7-16(14)25/h2-13H,1H3,(H,29,30,31)/b13-10+. The van der Waals surface area contributed by atoms with Gasteiger partial charge in [0.05, 0.1) is 12.5 Å². The highest BCUT2D eigenvalue weighted by Gasteiger charge is 2.22. The van der Waals surface area contributed by atoms with Crippen molar-refractivity contribution in [2.75, 3.05) is 11.8 Å². The van der Waals surface area contributed by atoms with Crippen molar-refractivity contribution in [1.29, 1.82) is 0 Å². The van der Waals surface area contributed by atoms with Crippen molar-refractivity contribution in [3.63, 3.8) is 0 Å². The number of sulfonamides is 1. The van der Waals surface area contributed by atoms with Crippen molar-refractivity contribution >= 4 is 56.7 Å². The number of hydrogen-bond acceptors (Lipinski definition) is 8. The van der Waals surface area contributed by atoms with E-state index in [0.717, 1.165) is 5.41 Å². The van der Waals surface area contributed by atoms with Crippen molar-refractivity contribution in [2.45, 2.75) is 0 Å². The average Bonchev–Trinajstić information content (AvgIpc) is 2.86. The van der Waals surface area contributed by atoms with Crippen LogP contribution >= 0.6 is 34.8 Å². The van der Waals surface area contributed by atoms with E-state index in [-0.39, 0.29) is 44.2 Å². The molecule has 4 rings (SSSR count). The van der Waals surface area contributed by atoms with Gasteiger partial charge in [-0.3, -0.25) is 4.72 Å². The van der Waals surface area contributed by atoms with Crippen LogP contribution in [0.3, 0.4) is 0 Å². The van der Waals surface area contributed by atoms with Gasteiger partial charge in [-0.15, -0.1) is 0 Å². The molecule has 0 aliphatic heterocycles. The van der Waals surface area contributed by atoms with Gasteiger partial charge < -0.3 is 9.47 Å². The van der Waals surface area contributed by atoms with Gasteiger partial charge in [0, 0.05) is 28.0 Å². The van der Waals surface area contributed by atoms with Crippen LogP contribution in [-0.4, -0.2) is 35.5 Å². The number of nitrogens with zero attached hydrogens (tertiary/aromatic N) is 4. The monoisotopic (exact) mass is 563 g/mol. The summed E-state index contributed by atoms with van der Waals surface area (Å²) in [5.41, 5.74) is 0.329. The van der Waals surface area contributed by atoms with Crippen LogP contribution < -0.4 is 14.2 Å². The number of para-hydroxylation sites is 2. The van der Waals surface area contributed by atoms with Gasteiger partial charge in [-0.1, -0.05) is 53.0 Å². The molecule has 0 bridgehead atoms. The predicted octanol–water partition coefficient (Wildman–Crippen LogP) is 6.11. The minimum absolute atomic E-state index is 0.0243. The number of aromatic nitrogens is 4. The molecule has 0 amide bonds. The Balaban J connectivity index is 1.77. The Morgan fingerprint density at radius 2 is 1.53 bits per heavy atom. The van der Waals surface area contributed by atoms with Crippen molar-refractivity contribution < 1.29 is 17.9 Å². The SMILES string of the molecule is COc1ccccc1Oc1c(Cl)nc(-c2ncccn2)nc1NS(=O)(=O)/C=C/c1c(Cl)cccc1Cl. The van der Waals surface area contributed by atoms with E-state index >= 15 is 0 Å². The first-order valence-corrected chi connectivity index (χ1v) is 12.8. The molecule has 36 heavy (non-hydrogen) atoms. The Labute approximate surface area is 221 Å². The first kappa shape index (κ1) is 25.6. The predicted molar refractivity (Wildman–Crippen MR) is 139 cm³/mol. The largest absolute Gasteiger partial charge is 0.493 e. The molecule has 0 unspecified atom stereocenters. The van der Waals surface area contributed by atoms with Crippen LogP contribution in [0.1, 0.15) is 5.56 Å². The highest BCUT2D eigenvalue weighted by atomic mass is 35.5. The third-order valence-electron chi connectivity index (χ3n) is 4.52. The number of benzene rings is 2. The van der Waals surface area contributed by atoms with Crippen molar-refractivity contribution in [3.05, 3.63) is 87.1 Å². The number of ether oxygens (including phenoxy) is 2. The van der Waals surface area contributed by atoms with Crippen molar-refractivity contribution in [1.82, 2.24) is 19.9 Å². The fourth-order valence-corrected chi connectivity index (χ4v) is 4.43. The van der Waals surface area contributed by atoms with Crippen molar-refractivity contribution in [2.24, 2.45) is 0 Å². The van der Waals surface area contributed by atoms with Crippen LogP contribution in [0.4, 0.5) is 5.82 Å². The number of halogens is 3. The molecule has 0 radical (unpaired) electrons. The number of rotatable bonds is 8. The maximum absolute atomic E-state index is 13.0. The summed E-state index contributed by atoms with van der Waals surface area (Å²) in [5, 5.41) is 1.27. The summed E-state index contributed by atoms with van der Waals surface area (Å²) in [5.74, 6) is 0.330. The van der Waals surface area contributed by atoms with E-state index in [0.29, 0.717) is 11.3 Å². The summed E-state index contributed by atoms with van der Waals surface area (Å²) in [6, 6.07) is 13.2. The maximum Gasteiger partial charge on any atom is 0.256 e. The fourth-order valence-electron chi connectivity index (χ4n) is 2.91. The fraction of sp³-hybridized carbons (Fsp3) is 0.0435. The molecule has 0 atom stereocenters. The van der Waals surface area contributed by atoms with Crippen LogP contribution in [0.25, 0.3) is 17.7 Å². The highest BCUT2D eigenvalue weighted by Crippen LogP contribution is 2.39. The second-order valence-corrected chi connectivity index (χ2v) is 9.66. The van der Waals surface area contributed by atoms with Crippen molar-refractivity contribution in [3.8, 4) is 28.9 Å². The summed E-state index contributed by atoms with van der Waals surface area (Å²) >= 11 is 18.7. The van der Waals surface area contributed by atoms with Gasteiger partial charge in [0.1, 0.15) is 0 Å². The number of methoxy groups -OCH3 is 1. The lowest BCUT2D eigenvalue weighted by atomic mass is 10.2. The minimum atomic E-state index is -4.16. The van der Waals surface area contributed by atoms with Crippen LogP contribution in [0, 0.1) is 0 Å². The Bertz CT molecular complexity index is 1520.